The summed E-state index contributed by atoms with van der Waals surface area (Å²) in [4.78, 5) is 14.5. The molecule has 0 aromatic carbocycles. The fraction of sp³-hybridized carbons (Fsp3) is 0.917. The molecule has 2 nitrogen and oxygen atoms in total. The van der Waals surface area contributed by atoms with Crippen LogP contribution in [-0.2, 0) is 4.79 Å². The van der Waals surface area contributed by atoms with Crippen molar-refractivity contribution in [3.8, 4) is 0 Å². The third kappa shape index (κ3) is 2.35. The molecule has 0 N–H and O–H groups in total. The van der Waals surface area contributed by atoms with Gasteiger partial charge >= 0.3 is 0 Å². The first kappa shape index (κ1) is 11.7. The van der Waals surface area contributed by atoms with Crippen molar-refractivity contribution in [2.45, 2.75) is 59.5 Å². The van der Waals surface area contributed by atoms with Crippen molar-refractivity contribution in [1.82, 2.24) is 4.90 Å². The van der Waals surface area contributed by atoms with Crippen LogP contribution in [0.15, 0.2) is 0 Å². The Labute approximate surface area is 87.7 Å². The summed E-state index contributed by atoms with van der Waals surface area (Å²) in [6.07, 6.45) is 2.22. The standard InChI is InChI=1S/C12H23NO/c1-9(2)13-8-6-7-10(13)11(14)12(3,4)5/h9-10H,6-8H2,1-5H3/t10-/m0/s1. The van der Waals surface area contributed by atoms with Gasteiger partial charge in [-0.2, -0.15) is 0 Å². The van der Waals surface area contributed by atoms with Gasteiger partial charge in [0, 0.05) is 11.5 Å². The topological polar surface area (TPSA) is 20.3 Å². The fourth-order valence-corrected chi connectivity index (χ4v) is 2.19. The van der Waals surface area contributed by atoms with E-state index in [0.717, 1.165) is 13.0 Å². The maximum absolute atomic E-state index is 12.1. The SMILES string of the molecule is CC(C)N1CCC[C@H]1C(=O)C(C)(C)C. The molecular formula is C12H23NO. The number of hydrogen-bond donors (Lipinski definition) is 0. The van der Waals surface area contributed by atoms with Gasteiger partial charge in [-0.1, -0.05) is 20.8 Å². The Hall–Kier alpha value is -0.370. The second-order valence-electron chi connectivity index (χ2n) is 5.60. The first-order valence-corrected chi connectivity index (χ1v) is 5.64. The minimum atomic E-state index is -0.192. The lowest BCUT2D eigenvalue weighted by molar-refractivity contribution is -0.131. The molecule has 1 heterocycles. The number of Topliss-reactive ketones (excluding diaryl/α,β-unsaturated/α-hetero) is 1. The number of carbonyl (C=O) groups excluding carboxylic acids is 1. The monoisotopic (exact) mass is 197 g/mol. The Balaban J connectivity index is 2.72. The highest BCUT2D eigenvalue weighted by Crippen LogP contribution is 2.27. The first-order valence-electron chi connectivity index (χ1n) is 5.64. The van der Waals surface area contributed by atoms with Crippen molar-refractivity contribution in [3.05, 3.63) is 0 Å². The molecule has 0 aromatic rings. The van der Waals surface area contributed by atoms with Crippen LogP contribution in [0.4, 0.5) is 0 Å². The van der Waals surface area contributed by atoms with E-state index in [0.29, 0.717) is 11.8 Å². The molecule has 1 atom stereocenters. The zero-order valence-corrected chi connectivity index (χ0v) is 10.1. The van der Waals surface area contributed by atoms with Gasteiger partial charge in [0.25, 0.3) is 0 Å². The summed E-state index contributed by atoms with van der Waals surface area (Å²) in [5, 5.41) is 0. The number of nitrogens with zero attached hydrogens (tertiary/aromatic N) is 1. The minimum Gasteiger partial charge on any atom is -0.297 e. The Kier molecular flexibility index (Phi) is 3.36. The molecule has 1 aliphatic rings. The fourth-order valence-electron chi connectivity index (χ4n) is 2.19. The molecule has 0 radical (unpaired) electrons. The molecule has 0 aliphatic carbocycles. The zero-order chi connectivity index (χ0) is 10.9. The molecular weight excluding hydrogens is 174 g/mol. The van der Waals surface area contributed by atoms with Gasteiger partial charge in [-0.3, -0.25) is 9.69 Å². The molecule has 1 fully saturated rings. The Morgan fingerprint density at radius 1 is 1.36 bits per heavy atom. The number of hydrogen-bond acceptors (Lipinski definition) is 2. The molecule has 14 heavy (non-hydrogen) atoms. The molecule has 1 rings (SSSR count). The minimum absolute atomic E-state index is 0.176. The van der Waals surface area contributed by atoms with Gasteiger partial charge in [0.2, 0.25) is 0 Å². The predicted molar refractivity (Wildman–Crippen MR) is 59.3 cm³/mol. The van der Waals surface area contributed by atoms with Crippen molar-refractivity contribution in [2.75, 3.05) is 6.54 Å². The van der Waals surface area contributed by atoms with E-state index in [9.17, 15) is 4.79 Å². The Bertz CT molecular complexity index is 215. The Morgan fingerprint density at radius 3 is 2.36 bits per heavy atom. The van der Waals surface area contributed by atoms with E-state index in [4.69, 9.17) is 0 Å². The van der Waals surface area contributed by atoms with Crippen LogP contribution in [0.5, 0.6) is 0 Å². The van der Waals surface area contributed by atoms with Crippen LogP contribution in [0, 0.1) is 5.41 Å². The van der Waals surface area contributed by atoms with E-state index in [1.54, 1.807) is 0 Å². The van der Waals surface area contributed by atoms with E-state index in [1.807, 2.05) is 20.8 Å². The molecule has 0 bridgehead atoms. The lowest BCUT2D eigenvalue weighted by Gasteiger charge is -2.31. The third-order valence-corrected chi connectivity index (χ3v) is 3.00. The molecule has 0 amide bonds. The molecule has 1 saturated heterocycles. The molecule has 82 valence electrons. The average molecular weight is 197 g/mol. The third-order valence-electron chi connectivity index (χ3n) is 3.00. The zero-order valence-electron chi connectivity index (χ0n) is 10.1. The normalized spacial score (nSPS) is 24.6. The number of carbonyl (C=O) groups is 1. The van der Waals surface area contributed by atoms with Gasteiger partial charge in [0.05, 0.1) is 6.04 Å². The molecule has 0 aromatic heterocycles. The highest BCUT2D eigenvalue weighted by molar-refractivity contribution is 5.89. The predicted octanol–water partition coefficient (Wildman–Crippen LogP) is 2.47. The molecule has 0 saturated carbocycles. The maximum atomic E-state index is 12.1. The van der Waals surface area contributed by atoms with Gasteiger partial charge < -0.3 is 0 Å². The van der Waals surface area contributed by atoms with E-state index in [-0.39, 0.29) is 11.5 Å². The lowest BCUT2D eigenvalue weighted by atomic mass is 9.85. The van der Waals surface area contributed by atoms with Crippen LogP contribution >= 0.6 is 0 Å². The van der Waals surface area contributed by atoms with Gasteiger partial charge in [-0.15, -0.1) is 0 Å². The van der Waals surface area contributed by atoms with Crippen molar-refractivity contribution in [2.24, 2.45) is 5.41 Å². The summed E-state index contributed by atoms with van der Waals surface area (Å²) >= 11 is 0. The van der Waals surface area contributed by atoms with E-state index >= 15 is 0 Å². The Morgan fingerprint density at radius 2 is 1.93 bits per heavy atom. The summed E-state index contributed by atoms with van der Waals surface area (Å²) < 4.78 is 0. The van der Waals surface area contributed by atoms with Crippen molar-refractivity contribution >= 4 is 5.78 Å². The number of ketones is 1. The van der Waals surface area contributed by atoms with E-state index in [1.165, 1.54) is 6.42 Å². The van der Waals surface area contributed by atoms with Crippen LogP contribution in [-0.4, -0.2) is 29.3 Å². The van der Waals surface area contributed by atoms with Crippen LogP contribution < -0.4 is 0 Å². The van der Waals surface area contributed by atoms with Crippen LogP contribution in [0.3, 0.4) is 0 Å². The van der Waals surface area contributed by atoms with Gasteiger partial charge in [-0.25, -0.2) is 0 Å². The summed E-state index contributed by atoms with van der Waals surface area (Å²) in [7, 11) is 0. The largest absolute Gasteiger partial charge is 0.297 e. The van der Waals surface area contributed by atoms with Gasteiger partial charge in [0.15, 0.2) is 5.78 Å². The second-order valence-corrected chi connectivity index (χ2v) is 5.60. The molecule has 1 aliphatic heterocycles. The summed E-state index contributed by atoms with van der Waals surface area (Å²) in [5.74, 6) is 0.406. The van der Waals surface area contributed by atoms with Crippen LogP contribution in [0.25, 0.3) is 0 Å². The second kappa shape index (κ2) is 4.01. The highest BCUT2D eigenvalue weighted by Gasteiger charge is 2.37. The van der Waals surface area contributed by atoms with Crippen molar-refractivity contribution in [3.63, 3.8) is 0 Å². The summed E-state index contributed by atoms with van der Waals surface area (Å²) in [6, 6.07) is 0.670. The number of rotatable bonds is 2. The average Bonchev–Trinajstić information content (AvgIpc) is 2.48. The number of likely N-dealkylation sites (tertiary alicyclic amines) is 1. The maximum Gasteiger partial charge on any atom is 0.155 e. The quantitative estimate of drug-likeness (QED) is 0.678. The molecule has 0 unspecified atom stereocenters. The lowest BCUT2D eigenvalue weighted by Crippen LogP contribution is -2.44. The van der Waals surface area contributed by atoms with Crippen LogP contribution in [0.1, 0.15) is 47.5 Å². The summed E-state index contributed by atoms with van der Waals surface area (Å²) in [6.45, 7) is 11.5. The smallest absolute Gasteiger partial charge is 0.155 e. The van der Waals surface area contributed by atoms with Gasteiger partial charge in [-0.05, 0) is 33.2 Å². The van der Waals surface area contributed by atoms with E-state index in [2.05, 4.69) is 18.7 Å². The van der Waals surface area contributed by atoms with Crippen molar-refractivity contribution < 1.29 is 4.79 Å². The van der Waals surface area contributed by atoms with Gasteiger partial charge in [0.1, 0.15) is 0 Å². The highest BCUT2D eigenvalue weighted by atomic mass is 16.1. The molecule has 0 spiro atoms. The van der Waals surface area contributed by atoms with E-state index < -0.39 is 0 Å². The molecule has 2 heteroatoms. The first-order chi connectivity index (χ1) is 6.34. The summed E-state index contributed by atoms with van der Waals surface area (Å²) in [5.41, 5.74) is -0.192. The van der Waals surface area contributed by atoms with Crippen molar-refractivity contribution in [1.29, 1.82) is 0 Å². The van der Waals surface area contributed by atoms with Crippen LogP contribution in [0.2, 0.25) is 0 Å².